The highest BCUT2D eigenvalue weighted by Crippen LogP contribution is 2.30. The van der Waals surface area contributed by atoms with Crippen molar-refractivity contribution < 1.29 is 19.6 Å². The van der Waals surface area contributed by atoms with Crippen LogP contribution in [-0.4, -0.2) is 22.7 Å². The zero-order chi connectivity index (χ0) is 16.3. The summed E-state index contributed by atoms with van der Waals surface area (Å²) in [6.45, 7) is 2.72. The minimum Gasteiger partial charge on any atom is -0.295 e. The zero-order valence-corrected chi connectivity index (χ0v) is 12.2. The number of amides is 1. The Morgan fingerprint density at radius 1 is 0.909 bits per heavy atom. The van der Waals surface area contributed by atoms with E-state index in [4.69, 9.17) is 5.21 Å². The van der Waals surface area contributed by atoms with Gasteiger partial charge in [0.05, 0.1) is 5.56 Å². The van der Waals surface area contributed by atoms with Crippen LogP contribution in [0.5, 0.6) is 0 Å². The third-order valence-electron chi connectivity index (χ3n) is 3.33. The van der Waals surface area contributed by atoms with E-state index in [9.17, 15) is 14.4 Å². The molecule has 0 saturated carbocycles. The first-order chi connectivity index (χ1) is 10.5. The molecule has 0 atom stereocenters. The molecule has 1 amide bonds. The molecule has 2 N–H and O–H groups in total. The van der Waals surface area contributed by atoms with Crippen molar-refractivity contribution in [2.75, 3.05) is 0 Å². The number of nitrogens with one attached hydrogen (secondary N) is 1. The molecule has 22 heavy (non-hydrogen) atoms. The van der Waals surface area contributed by atoms with Crippen molar-refractivity contribution in [2.45, 2.75) is 13.8 Å². The first-order valence-electron chi connectivity index (χ1n) is 6.65. The molecule has 0 aliphatic rings. The fourth-order valence-corrected chi connectivity index (χ4v) is 2.28. The van der Waals surface area contributed by atoms with E-state index >= 15 is 0 Å². The third-order valence-corrected chi connectivity index (χ3v) is 3.33. The molecule has 2 aromatic carbocycles. The molecule has 0 spiro atoms. The number of hydroxylamine groups is 1. The standard InChI is InChI=1S/C17H15NO4/c1-10(19)13-8-14(11(2)20)16(12-6-4-3-5-7-12)15(9-13)17(21)18-22/h3-9,22H,1-2H3,(H,18,21). The van der Waals surface area contributed by atoms with Crippen molar-refractivity contribution in [1.29, 1.82) is 0 Å². The lowest BCUT2D eigenvalue weighted by atomic mass is 9.89. The first kappa shape index (κ1) is 15.6. The summed E-state index contributed by atoms with van der Waals surface area (Å²) in [5, 5.41) is 8.95. The van der Waals surface area contributed by atoms with Crippen molar-refractivity contribution in [3.8, 4) is 11.1 Å². The highest BCUT2D eigenvalue weighted by molar-refractivity contribution is 6.11. The van der Waals surface area contributed by atoms with E-state index < -0.39 is 5.91 Å². The molecule has 5 nitrogen and oxygen atoms in total. The van der Waals surface area contributed by atoms with Crippen LogP contribution in [0.15, 0.2) is 42.5 Å². The van der Waals surface area contributed by atoms with Gasteiger partial charge in [-0.3, -0.25) is 19.6 Å². The molecule has 0 aliphatic heterocycles. The Kier molecular flexibility index (Phi) is 4.48. The zero-order valence-electron chi connectivity index (χ0n) is 12.2. The molecule has 112 valence electrons. The lowest BCUT2D eigenvalue weighted by Gasteiger charge is -2.14. The van der Waals surface area contributed by atoms with Crippen molar-refractivity contribution in [2.24, 2.45) is 0 Å². The highest BCUT2D eigenvalue weighted by atomic mass is 16.5. The molecule has 0 fully saturated rings. The van der Waals surface area contributed by atoms with E-state index in [-0.39, 0.29) is 28.3 Å². The van der Waals surface area contributed by atoms with E-state index in [2.05, 4.69) is 0 Å². The van der Waals surface area contributed by atoms with Gasteiger partial charge in [-0.25, -0.2) is 5.48 Å². The van der Waals surface area contributed by atoms with E-state index in [1.165, 1.54) is 26.0 Å². The molecule has 0 aromatic heterocycles. The summed E-state index contributed by atoms with van der Waals surface area (Å²) in [6.07, 6.45) is 0. The normalized spacial score (nSPS) is 10.1. The fourth-order valence-electron chi connectivity index (χ4n) is 2.28. The largest absolute Gasteiger partial charge is 0.295 e. The predicted molar refractivity (Wildman–Crippen MR) is 81.1 cm³/mol. The number of Topliss-reactive ketones (excluding diaryl/α,β-unsaturated/α-hetero) is 2. The van der Waals surface area contributed by atoms with Gasteiger partial charge in [0.2, 0.25) is 0 Å². The maximum atomic E-state index is 12.0. The number of hydrogen-bond donors (Lipinski definition) is 2. The van der Waals surface area contributed by atoms with Gasteiger partial charge >= 0.3 is 0 Å². The van der Waals surface area contributed by atoms with Gasteiger partial charge in [0.15, 0.2) is 11.6 Å². The Morgan fingerprint density at radius 2 is 1.50 bits per heavy atom. The summed E-state index contributed by atoms with van der Waals surface area (Å²) < 4.78 is 0. The number of ketones is 2. The van der Waals surface area contributed by atoms with E-state index in [0.717, 1.165) is 0 Å². The highest BCUT2D eigenvalue weighted by Gasteiger charge is 2.21. The number of hydrogen-bond acceptors (Lipinski definition) is 4. The summed E-state index contributed by atoms with van der Waals surface area (Å²) in [6, 6.07) is 11.7. The lowest BCUT2D eigenvalue weighted by molar-refractivity contribution is 0.0707. The van der Waals surface area contributed by atoms with Crippen LogP contribution < -0.4 is 5.48 Å². The quantitative estimate of drug-likeness (QED) is 0.516. The number of carbonyl (C=O) groups is 3. The maximum Gasteiger partial charge on any atom is 0.275 e. The second kappa shape index (κ2) is 6.32. The number of benzene rings is 2. The fraction of sp³-hybridized carbons (Fsp3) is 0.118. The molecule has 0 unspecified atom stereocenters. The Labute approximate surface area is 127 Å². The van der Waals surface area contributed by atoms with E-state index in [1.807, 2.05) is 6.07 Å². The average Bonchev–Trinajstić information content (AvgIpc) is 2.53. The van der Waals surface area contributed by atoms with Crippen LogP contribution in [-0.2, 0) is 0 Å². The van der Waals surface area contributed by atoms with Gasteiger partial charge < -0.3 is 0 Å². The van der Waals surface area contributed by atoms with Gasteiger partial charge in [0, 0.05) is 16.7 Å². The van der Waals surface area contributed by atoms with Crippen LogP contribution in [0.2, 0.25) is 0 Å². The lowest BCUT2D eigenvalue weighted by Crippen LogP contribution is -2.21. The number of rotatable bonds is 4. The molecule has 2 aromatic rings. The molecular weight excluding hydrogens is 282 g/mol. The SMILES string of the molecule is CC(=O)c1cc(C(C)=O)c(-c2ccccc2)c(C(=O)NO)c1. The molecule has 0 bridgehead atoms. The smallest absolute Gasteiger partial charge is 0.275 e. The van der Waals surface area contributed by atoms with Crippen LogP contribution >= 0.6 is 0 Å². The second-order valence-corrected chi connectivity index (χ2v) is 4.87. The Bertz CT molecular complexity index is 751. The first-order valence-corrected chi connectivity index (χ1v) is 6.65. The van der Waals surface area contributed by atoms with Gasteiger partial charge in [-0.1, -0.05) is 30.3 Å². The van der Waals surface area contributed by atoms with Gasteiger partial charge in [0.25, 0.3) is 5.91 Å². The van der Waals surface area contributed by atoms with Crippen LogP contribution in [0.3, 0.4) is 0 Å². The monoisotopic (exact) mass is 297 g/mol. The summed E-state index contributed by atoms with van der Waals surface area (Å²) in [4.78, 5) is 35.6. The van der Waals surface area contributed by atoms with Crippen molar-refractivity contribution >= 4 is 17.5 Å². The van der Waals surface area contributed by atoms with E-state index in [1.54, 1.807) is 29.7 Å². The van der Waals surface area contributed by atoms with Gasteiger partial charge in [-0.2, -0.15) is 0 Å². The minimum atomic E-state index is -0.774. The van der Waals surface area contributed by atoms with Crippen molar-refractivity contribution in [1.82, 2.24) is 5.48 Å². The minimum absolute atomic E-state index is 0.0756. The van der Waals surface area contributed by atoms with Crippen molar-refractivity contribution in [3.05, 3.63) is 59.2 Å². The molecule has 5 heteroatoms. The van der Waals surface area contributed by atoms with Gasteiger partial charge in [-0.05, 0) is 31.5 Å². The average molecular weight is 297 g/mol. The molecule has 0 saturated heterocycles. The van der Waals surface area contributed by atoms with Crippen LogP contribution in [0, 0.1) is 0 Å². The van der Waals surface area contributed by atoms with Crippen LogP contribution in [0.4, 0.5) is 0 Å². The molecule has 2 rings (SSSR count). The Morgan fingerprint density at radius 3 is 2.00 bits per heavy atom. The molecule has 0 heterocycles. The van der Waals surface area contributed by atoms with Crippen LogP contribution in [0.25, 0.3) is 11.1 Å². The van der Waals surface area contributed by atoms with E-state index in [0.29, 0.717) is 11.1 Å². The third kappa shape index (κ3) is 2.94. The second-order valence-electron chi connectivity index (χ2n) is 4.87. The molecule has 0 aliphatic carbocycles. The Hall–Kier alpha value is -2.79. The summed E-state index contributed by atoms with van der Waals surface area (Å²) in [5.74, 6) is -1.31. The summed E-state index contributed by atoms with van der Waals surface area (Å²) in [5.41, 5.74) is 3.19. The molecule has 0 radical (unpaired) electrons. The van der Waals surface area contributed by atoms with Crippen LogP contribution in [0.1, 0.15) is 44.9 Å². The summed E-state index contributed by atoms with van der Waals surface area (Å²) >= 11 is 0. The van der Waals surface area contributed by atoms with Crippen molar-refractivity contribution in [3.63, 3.8) is 0 Å². The van der Waals surface area contributed by atoms with Gasteiger partial charge in [0.1, 0.15) is 0 Å². The predicted octanol–water partition coefficient (Wildman–Crippen LogP) is 2.88. The topological polar surface area (TPSA) is 83.5 Å². The van der Waals surface area contributed by atoms with Gasteiger partial charge in [-0.15, -0.1) is 0 Å². The Balaban J connectivity index is 2.86. The molecular formula is C17H15NO4. The summed E-state index contributed by atoms with van der Waals surface area (Å²) in [7, 11) is 0. The maximum absolute atomic E-state index is 12.0. The number of carbonyl (C=O) groups excluding carboxylic acids is 3.